The number of rotatable bonds is 11. The van der Waals surface area contributed by atoms with Crippen molar-refractivity contribution in [2.75, 3.05) is 42.5 Å². The molecule has 17 heteroatoms. The number of benzene rings is 2. The van der Waals surface area contributed by atoms with Gasteiger partial charge < -0.3 is 18.9 Å². The van der Waals surface area contributed by atoms with Gasteiger partial charge in [0.05, 0.1) is 19.7 Å². The van der Waals surface area contributed by atoms with Crippen molar-refractivity contribution in [2.45, 2.75) is 26.0 Å². The van der Waals surface area contributed by atoms with Gasteiger partial charge in [-0.05, 0) is 21.0 Å². The quantitative estimate of drug-likeness (QED) is 0.220. The monoisotopic (exact) mass is 557 g/mol. The third kappa shape index (κ3) is 11.0. The van der Waals surface area contributed by atoms with E-state index < -0.39 is 48.7 Å². The minimum Gasteiger partial charge on any atom is -0.356 e. The fourth-order valence-electron chi connectivity index (χ4n) is 3.09. The van der Waals surface area contributed by atoms with Crippen molar-refractivity contribution in [2.24, 2.45) is 0 Å². The Balaban J connectivity index is 0.000000602. The van der Waals surface area contributed by atoms with Crippen LogP contribution in [0.2, 0.25) is 0 Å². The molecule has 0 aliphatic heterocycles. The van der Waals surface area contributed by atoms with E-state index in [1.165, 1.54) is 45.4 Å². The van der Waals surface area contributed by atoms with Crippen LogP contribution < -0.4 is 0 Å². The van der Waals surface area contributed by atoms with Gasteiger partial charge in [-0.15, -0.1) is 0 Å². The van der Waals surface area contributed by atoms with Crippen LogP contribution in [0.1, 0.15) is 11.1 Å². The largest absolute Gasteiger partial charge is 0.356 e. The average molecular weight is 558 g/mol. The maximum atomic E-state index is 10.9. The Bertz CT molecular complexity index is 1120. The lowest BCUT2D eigenvalue weighted by molar-refractivity contribution is -0.423. The molecule has 2 rings (SSSR count). The van der Waals surface area contributed by atoms with Crippen molar-refractivity contribution in [3.63, 3.8) is 0 Å². The molecule has 17 nitrogen and oxygen atoms in total. The first-order valence-electron chi connectivity index (χ1n) is 10.8. The van der Waals surface area contributed by atoms with E-state index >= 15 is 0 Å². The number of aryl methyl sites for hydroxylation is 1. The number of methoxy groups -OCH3 is 4. The Morgan fingerprint density at radius 1 is 0.692 bits per heavy atom. The topological polar surface area (TPSA) is 213 Å². The van der Waals surface area contributed by atoms with Gasteiger partial charge in [0.1, 0.15) is 0 Å². The highest BCUT2D eigenvalue weighted by atomic mass is 16.7. The van der Waals surface area contributed by atoms with Gasteiger partial charge >= 0.3 is 22.7 Å². The maximum absolute atomic E-state index is 10.9. The van der Waals surface area contributed by atoms with Gasteiger partial charge in [-0.1, -0.05) is 24.3 Å². The van der Waals surface area contributed by atoms with Gasteiger partial charge in [-0.3, -0.25) is 45.4 Å². The van der Waals surface area contributed by atoms with Crippen LogP contribution in [0.3, 0.4) is 0 Å². The summed E-state index contributed by atoms with van der Waals surface area (Å²) in [4.78, 5) is 41.3. The number of nitrogens with zero attached hydrogens (tertiary/aromatic N) is 5. The minimum atomic E-state index is -0.782. The number of ether oxygens (including phenoxy) is 4. The van der Waals surface area contributed by atoms with E-state index in [-0.39, 0.29) is 18.4 Å². The molecule has 0 N–H and O–H groups in total. The summed E-state index contributed by atoms with van der Waals surface area (Å²) in [5.41, 5.74) is -1.48. The molecule has 0 fully saturated rings. The summed E-state index contributed by atoms with van der Waals surface area (Å²) in [6, 6.07) is 7.92. The van der Waals surface area contributed by atoms with Gasteiger partial charge in [0.25, 0.3) is 0 Å². The standard InChI is InChI=1S/C10H12N2O6.C7H6N2O4.C5H13NO2/c1-17-9(18-2)6-7-4-3-5-8(11(13)14)10(7)12(15)16;1-5-3-2-4-6(8(10)11)7(5)9(12)13;1-6(2)5(7-3)8-4/h3-5,9H,6H2,1-2H3;2-4H,1H3;5H,1-4H3. The molecule has 0 saturated carbocycles. The molecule has 0 unspecified atom stereocenters. The summed E-state index contributed by atoms with van der Waals surface area (Å²) in [5.74, 6) is 0. The Labute approximate surface area is 223 Å². The van der Waals surface area contributed by atoms with Gasteiger partial charge in [-0.25, -0.2) is 0 Å². The molecule has 0 atom stereocenters. The molecule has 0 heterocycles. The molecule has 39 heavy (non-hydrogen) atoms. The Kier molecular flexibility index (Phi) is 15.5. The van der Waals surface area contributed by atoms with Crippen LogP contribution in [0.25, 0.3) is 0 Å². The lowest BCUT2D eigenvalue weighted by Crippen LogP contribution is -2.30. The van der Waals surface area contributed by atoms with Crippen molar-refractivity contribution < 1.29 is 38.6 Å². The van der Waals surface area contributed by atoms with Crippen molar-refractivity contribution in [3.05, 3.63) is 88.0 Å². The van der Waals surface area contributed by atoms with Crippen LogP contribution in [0.5, 0.6) is 0 Å². The van der Waals surface area contributed by atoms with Gasteiger partial charge in [-0.2, -0.15) is 0 Å². The zero-order valence-electron chi connectivity index (χ0n) is 22.5. The molecular formula is C22H31N5O12. The van der Waals surface area contributed by atoms with E-state index in [9.17, 15) is 40.5 Å². The second-order valence-electron chi connectivity index (χ2n) is 7.60. The van der Waals surface area contributed by atoms with E-state index in [2.05, 4.69) is 0 Å². The van der Waals surface area contributed by atoms with E-state index in [0.717, 1.165) is 12.1 Å². The van der Waals surface area contributed by atoms with Crippen LogP contribution in [-0.2, 0) is 25.4 Å². The molecule has 0 saturated heterocycles. The van der Waals surface area contributed by atoms with Crippen LogP contribution in [0, 0.1) is 47.4 Å². The first-order valence-corrected chi connectivity index (χ1v) is 10.8. The molecule has 0 aliphatic rings. The molecule has 0 amide bonds. The molecule has 2 aromatic carbocycles. The minimum absolute atomic E-state index is 0.0605. The van der Waals surface area contributed by atoms with E-state index in [0.29, 0.717) is 5.56 Å². The lowest BCUT2D eigenvalue weighted by Gasteiger charge is -2.19. The highest BCUT2D eigenvalue weighted by Crippen LogP contribution is 2.31. The SMILES string of the molecule is COC(Cc1cccc([N+](=O)[O-])c1[N+](=O)[O-])OC.COC(OC)N(C)C.Cc1cccc([N+](=O)[O-])c1[N+](=O)[O-]. The summed E-state index contributed by atoms with van der Waals surface area (Å²) in [6.07, 6.45) is -0.842. The zero-order chi connectivity index (χ0) is 30.3. The van der Waals surface area contributed by atoms with Gasteiger partial charge in [0.15, 0.2) is 6.29 Å². The highest BCUT2D eigenvalue weighted by molar-refractivity contribution is 5.58. The smallest absolute Gasteiger partial charge is 0.349 e. The van der Waals surface area contributed by atoms with Gasteiger partial charge in [0, 0.05) is 58.1 Å². The summed E-state index contributed by atoms with van der Waals surface area (Å²) >= 11 is 0. The summed E-state index contributed by atoms with van der Waals surface area (Å²) in [7, 11) is 9.76. The first-order chi connectivity index (χ1) is 18.3. The molecular weight excluding hydrogens is 526 g/mol. The maximum Gasteiger partial charge on any atom is 0.349 e. The molecule has 216 valence electrons. The number of nitro groups is 4. The number of para-hydroxylation sites is 2. The van der Waals surface area contributed by atoms with Crippen LogP contribution in [0.15, 0.2) is 36.4 Å². The molecule has 0 aromatic heterocycles. The van der Waals surface area contributed by atoms with E-state index in [4.69, 9.17) is 18.9 Å². The Morgan fingerprint density at radius 2 is 1.13 bits per heavy atom. The first kappa shape index (κ1) is 34.8. The second-order valence-corrected chi connectivity index (χ2v) is 7.60. The summed E-state index contributed by atoms with van der Waals surface area (Å²) in [6.45, 7) is 1.46. The Hall–Kier alpha value is -4.16. The number of hydrogen-bond donors (Lipinski definition) is 0. The van der Waals surface area contributed by atoms with Crippen LogP contribution in [0.4, 0.5) is 22.7 Å². The normalized spacial score (nSPS) is 10.4. The molecule has 0 radical (unpaired) electrons. The third-order valence-corrected chi connectivity index (χ3v) is 4.81. The lowest BCUT2D eigenvalue weighted by atomic mass is 10.1. The van der Waals surface area contributed by atoms with Gasteiger partial charge in [0.2, 0.25) is 6.41 Å². The fraction of sp³-hybridized carbons (Fsp3) is 0.455. The van der Waals surface area contributed by atoms with Crippen molar-refractivity contribution in [1.82, 2.24) is 4.90 Å². The zero-order valence-corrected chi connectivity index (χ0v) is 22.5. The van der Waals surface area contributed by atoms with Crippen LogP contribution in [-0.4, -0.2) is 79.8 Å². The summed E-state index contributed by atoms with van der Waals surface area (Å²) < 4.78 is 19.6. The van der Waals surface area contributed by atoms with Crippen LogP contribution >= 0.6 is 0 Å². The van der Waals surface area contributed by atoms with E-state index in [1.54, 1.807) is 14.2 Å². The highest BCUT2D eigenvalue weighted by Gasteiger charge is 2.29. The predicted octanol–water partition coefficient (Wildman–Crippen LogP) is 3.60. The molecule has 0 aliphatic carbocycles. The fourth-order valence-corrected chi connectivity index (χ4v) is 3.09. The predicted molar refractivity (Wildman–Crippen MR) is 137 cm³/mol. The molecule has 0 bridgehead atoms. The third-order valence-electron chi connectivity index (χ3n) is 4.81. The van der Waals surface area contributed by atoms with Crippen molar-refractivity contribution >= 4 is 22.7 Å². The molecule has 0 spiro atoms. The second kappa shape index (κ2) is 17.4. The van der Waals surface area contributed by atoms with E-state index in [1.807, 2.05) is 19.0 Å². The average Bonchev–Trinajstić information content (AvgIpc) is 2.87. The summed E-state index contributed by atoms with van der Waals surface area (Å²) in [5, 5.41) is 42.5. The number of hydrogen-bond acceptors (Lipinski definition) is 13. The van der Waals surface area contributed by atoms with Crippen molar-refractivity contribution in [3.8, 4) is 0 Å². The van der Waals surface area contributed by atoms with Crippen molar-refractivity contribution in [1.29, 1.82) is 0 Å². The molecule has 2 aromatic rings. The number of nitro benzene ring substituents is 4. The Morgan fingerprint density at radius 3 is 1.44 bits per heavy atom.